The van der Waals surface area contributed by atoms with Crippen LogP contribution in [0.15, 0.2) is 24.4 Å². The number of carboxylic acid groups (broad SMARTS) is 1. The van der Waals surface area contributed by atoms with Crippen molar-refractivity contribution < 1.29 is 19.0 Å². The number of rotatable bonds is 5. The minimum atomic E-state index is -0.891. The smallest absolute Gasteiger partial charge is 0.303 e. The van der Waals surface area contributed by atoms with Gasteiger partial charge in [-0.25, -0.2) is 9.07 Å². The van der Waals surface area contributed by atoms with E-state index >= 15 is 0 Å². The number of aliphatic carboxylic acids is 1. The van der Waals surface area contributed by atoms with Crippen LogP contribution in [0.5, 0.6) is 5.75 Å². The lowest BCUT2D eigenvalue weighted by molar-refractivity contribution is -0.136. The van der Waals surface area contributed by atoms with Crippen molar-refractivity contribution >= 4 is 5.97 Å². The molecule has 0 spiro atoms. The number of aryl methyl sites for hydroxylation is 1. The number of ether oxygens (including phenoxy) is 1. The maximum absolute atomic E-state index is 13.3. The first-order chi connectivity index (χ1) is 9.10. The molecule has 7 heteroatoms. The molecule has 0 saturated carbocycles. The van der Waals surface area contributed by atoms with Crippen molar-refractivity contribution in [3.05, 3.63) is 35.9 Å². The van der Waals surface area contributed by atoms with Crippen LogP contribution in [0.2, 0.25) is 0 Å². The summed E-state index contributed by atoms with van der Waals surface area (Å²) in [5.41, 5.74) is 1.15. The summed E-state index contributed by atoms with van der Waals surface area (Å²) < 4.78 is 19.6. The van der Waals surface area contributed by atoms with Crippen LogP contribution in [0.1, 0.15) is 12.1 Å². The molecule has 0 aliphatic rings. The number of hydrogen-bond acceptors (Lipinski definition) is 4. The van der Waals surface area contributed by atoms with Gasteiger partial charge in [-0.3, -0.25) is 4.79 Å². The van der Waals surface area contributed by atoms with Gasteiger partial charge in [-0.1, -0.05) is 5.21 Å². The number of halogens is 1. The van der Waals surface area contributed by atoms with Crippen LogP contribution in [0, 0.1) is 5.82 Å². The molecule has 1 aromatic carbocycles. The monoisotopic (exact) mass is 265 g/mol. The SMILES string of the molecule is COc1cc(-n2cc(CCC(=O)O)nn2)ccc1F. The molecule has 2 aromatic rings. The zero-order valence-corrected chi connectivity index (χ0v) is 10.2. The van der Waals surface area contributed by atoms with Crippen molar-refractivity contribution in [2.75, 3.05) is 7.11 Å². The molecule has 0 atom stereocenters. The van der Waals surface area contributed by atoms with Crippen LogP contribution >= 0.6 is 0 Å². The van der Waals surface area contributed by atoms with Crippen LogP contribution in [0.25, 0.3) is 5.69 Å². The van der Waals surface area contributed by atoms with E-state index in [-0.39, 0.29) is 12.2 Å². The van der Waals surface area contributed by atoms with Gasteiger partial charge in [-0.2, -0.15) is 0 Å². The Kier molecular flexibility index (Phi) is 3.74. The van der Waals surface area contributed by atoms with Gasteiger partial charge in [0.1, 0.15) is 0 Å². The lowest BCUT2D eigenvalue weighted by atomic mass is 10.2. The topological polar surface area (TPSA) is 77.2 Å². The van der Waals surface area contributed by atoms with Crippen LogP contribution in [0.4, 0.5) is 4.39 Å². The van der Waals surface area contributed by atoms with Gasteiger partial charge in [0.15, 0.2) is 11.6 Å². The summed E-state index contributed by atoms with van der Waals surface area (Å²) >= 11 is 0. The van der Waals surface area contributed by atoms with E-state index in [1.165, 1.54) is 30.0 Å². The lowest BCUT2D eigenvalue weighted by Crippen LogP contribution is -1.98. The molecule has 1 N–H and O–H groups in total. The van der Waals surface area contributed by atoms with Gasteiger partial charge in [0, 0.05) is 12.5 Å². The fourth-order valence-corrected chi connectivity index (χ4v) is 1.57. The molecule has 0 aliphatic carbocycles. The molecular weight excluding hydrogens is 253 g/mol. The van der Waals surface area contributed by atoms with Crippen LogP contribution in [-0.4, -0.2) is 33.2 Å². The van der Waals surface area contributed by atoms with Crippen molar-refractivity contribution in [1.82, 2.24) is 15.0 Å². The highest BCUT2D eigenvalue weighted by Crippen LogP contribution is 2.20. The molecule has 0 radical (unpaired) electrons. The minimum absolute atomic E-state index is 0.00850. The maximum Gasteiger partial charge on any atom is 0.303 e. The third-order valence-electron chi connectivity index (χ3n) is 2.54. The number of nitrogens with zero attached hydrogens (tertiary/aromatic N) is 3. The first-order valence-electron chi connectivity index (χ1n) is 5.57. The van der Waals surface area contributed by atoms with Gasteiger partial charge in [-0.05, 0) is 12.1 Å². The molecule has 0 bridgehead atoms. The summed E-state index contributed by atoms with van der Waals surface area (Å²) in [6.45, 7) is 0. The average molecular weight is 265 g/mol. The molecule has 1 heterocycles. The Balaban J connectivity index is 2.20. The van der Waals surface area contributed by atoms with E-state index in [2.05, 4.69) is 10.3 Å². The fourth-order valence-electron chi connectivity index (χ4n) is 1.57. The Bertz CT molecular complexity index is 598. The number of carbonyl (C=O) groups is 1. The number of aromatic nitrogens is 3. The molecule has 0 amide bonds. The highest BCUT2D eigenvalue weighted by Gasteiger charge is 2.08. The molecule has 0 aliphatic heterocycles. The first-order valence-corrected chi connectivity index (χ1v) is 5.57. The fraction of sp³-hybridized carbons (Fsp3) is 0.250. The maximum atomic E-state index is 13.3. The summed E-state index contributed by atoms with van der Waals surface area (Å²) in [6, 6.07) is 4.30. The van der Waals surface area contributed by atoms with Crippen molar-refractivity contribution in [2.45, 2.75) is 12.8 Å². The van der Waals surface area contributed by atoms with E-state index in [9.17, 15) is 9.18 Å². The molecule has 2 rings (SSSR count). The predicted octanol–water partition coefficient (Wildman–Crippen LogP) is 1.43. The third kappa shape index (κ3) is 3.06. The normalized spacial score (nSPS) is 10.4. The summed E-state index contributed by atoms with van der Waals surface area (Å²) in [5.74, 6) is -1.24. The number of carboxylic acids is 1. The van der Waals surface area contributed by atoms with Gasteiger partial charge < -0.3 is 9.84 Å². The van der Waals surface area contributed by atoms with E-state index in [0.29, 0.717) is 17.8 Å². The van der Waals surface area contributed by atoms with Gasteiger partial charge >= 0.3 is 5.97 Å². The molecule has 1 aromatic heterocycles. The zero-order chi connectivity index (χ0) is 13.8. The third-order valence-corrected chi connectivity index (χ3v) is 2.54. The van der Waals surface area contributed by atoms with Crippen LogP contribution < -0.4 is 4.74 Å². The van der Waals surface area contributed by atoms with Gasteiger partial charge in [0.2, 0.25) is 0 Å². The summed E-state index contributed by atoms with van der Waals surface area (Å²) in [5, 5.41) is 16.3. The van der Waals surface area contributed by atoms with E-state index in [0.717, 1.165) is 0 Å². The highest BCUT2D eigenvalue weighted by molar-refractivity contribution is 5.66. The Morgan fingerprint density at radius 3 is 3.00 bits per heavy atom. The standard InChI is InChI=1S/C12H12FN3O3/c1-19-11-6-9(3-4-10(11)13)16-7-8(14-15-16)2-5-12(17)18/h3-4,6-7H,2,5H2,1H3,(H,17,18). The largest absolute Gasteiger partial charge is 0.494 e. The average Bonchev–Trinajstić information content (AvgIpc) is 2.86. The molecule has 6 nitrogen and oxygen atoms in total. The van der Waals surface area contributed by atoms with E-state index in [1.54, 1.807) is 6.20 Å². The summed E-state index contributed by atoms with van der Waals surface area (Å²) in [4.78, 5) is 10.5. The molecule has 0 unspecified atom stereocenters. The zero-order valence-electron chi connectivity index (χ0n) is 10.2. The Morgan fingerprint density at radius 1 is 1.53 bits per heavy atom. The molecule has 100 valence electrons. The van der Waals surface area contributed by atoms with E-state index in [1.807, 2.05) is 0 Å². The number of benzene rings is 1. The first kappa shape index (κ1) is 13.0. The second-order valence-corrected chi connectivity index (χ2v) is 3.87. The predicted molar refractivity (Wildman–Crippen MR) is 63.8 cm³/mol. The number of hydrogen-bond donors (Lipinski definition) is 1. The molecule has 19 heavy (non-hydrogen) atoms. The van der Waals surface area contributed by atoms with Crippen molar-refractivity contribution in [3.63, 3.8) is 0 Å². The van der Waals surface area contributed by atoms with Gasteiger partial charge in [0.05, 0.1) is 31.1 Å². The second kappa shape index (κ2) is 5.47. The Morgan fingerprint density at radius 2 is 2.32 bits per heavy atom. The lowest BCUT2D eigenvalue weighted by Gasteiger charge is -2.04. The second-order valence-electron chi connectivity index (χ2n) is 3.87. The highest BCUT2D eigenvalue weighted by atomic mass is 19.1. The summed E-state index contributed by atoms with van der Waals surface area (Å²) in [7, 11) is 1.38. The minimum Gasteiger partial charge on any atom is -0.494 e. The van der Waals surface area contributed by atoms with Crippen molar-refractivity contribution in [1.29, 1.82) is 0 Å². The summed E-state index contributed by atoms with van der Waals surface area (Å²) in [6.07, 6.45) is 1.90. The van der Waals surface area contributed by atoms with Crippen molar-refractivity contribution in [3.8, 4) is 11.4 Å². The number of methoxy groups -OCH3 is 1. The Hall–Kier alpha value is -2.44. The molecule has 0 fully saturated rings. The molecule has 0 saturated heterocycles. The van der Waals surface area contributed by atoms with Crippen LogP contribution in [0.3, 0.4) is 0 Å². The molecular formula is C12H12FN3O3. The van der Waals surface area contributed by atoms with Gasteiger partial charge in [-0.15, -0.1) is 5.10 Å². The quantitative estimate of drug-likeness (QED) is 0.885. The van der Waals surface area contributed by atoms with E-state index < -0.39 is 11.8 Å². The van der Waals surface area contributed by atoms with Crippen LogP contribution in [-0.2, 0) is 11.2 Å². The Labute approximate surface area is 108 Å². The van der Waals surface area contributed by atoms with Gasteiger partial charge in [0.25, 0.3) is 0 Å². The van der Waals surface area contributed by atoms with Crippen molar-refractivity contribution in [2.24, 2.45) is 0 Å². The van der Waals surface area contributed by atoms with E-state index in [4.69, 9.17) is 9.84 Å².